The molecule has 0 spiro atoms. The van der Waals surface area contributed by atoms with Crippen LogP contribution in [0.3, 0.4) is 0 Å². The van der Waals surface area contributed by atoms with Crippen LogP contribution in [0.2, 0.25) is 0 Å². The van der Waals surface area contributed by atoms with Crippen LogP contribution in [-0.2, 0) is 14.8 Å². The average molecular weight is 437 g/mol. The molecular weight excluding hydrogens is 412 g/mol. The number of ether oxygens (including phenoxy) is 1. The third kappa shape index (κ3) is 4.56. The molecule has 3 aromatic rings. The van der Waals surface area contributed by atoms with Crippen molar-refractivity contribution in [3.05, 3.63) is 95.6 Å². The second kappa shape index (κ2) is 8.43. The highest BCUT2D eigenvalue weighted by atomic mass is 32.2. The van der Waals surface area contributed by atoms with Crippen molar-refractivity contribution >= 4 is 21.6 Å². The van der Waals surface area contributed by atoms with Crippen LogP contribution in [0.25, 0.3) is 0 Å². The summed E-state index contributed by atoms with van der Waals surface area (Å²) >= 11 is 0. The van der Waals surface area contributed by atoms with Gasteiger partial charge in [0.05, 0.1) is 24.5 Å². The van der Waals surface area contributed by atoms with Gasteiger partial charge in [-0.15, -0.1) is 0 Å². The van der Waals surface area contributed by atoms with E-state index in [1.54, 1.807) is 24.3 Å². The zero-order valence-electron chi connectivity index (χ0n) is 17.4. The van der Waals surface area contributed by atoms with Gasteiger partial charge in [0.15, 0.2) is 6.10 Å². The third-order valence-corrected chi connectivity index (χ3v) is 6.40. The molecule has 0 saturated heterocycles. The maximum atomic E-state index is 13.2. The van der Waals surface area contributed by atoms with Gasteiger partial charge in [0.25, 0.3) is 5.91 Å². The summed E-state index contributed by atoms with van der Waals surface area (Å²) in [6.07, 6.45) is 0.157. The van der Waals surface area contributed by atoms with Gasteiger partial charge < -0.3 is 10.1 Å². The highest BCUT2D eigenvalue weighted by molar-refractivity contribution is 7.92. The fraction of sp³-hybridized carbons (Fsp3) is 0.208. The smallest absolute Gasteiger partial charge is 0.263 e. The van der Waals surface area contributed by atoms with Gasteiger partial charge >= 0.3 is 0 Å². The molecule has 0 aromatic heterocycles. The van der Waals surface area contributed by atoms with E-state index in [9.17, 15) is 13.2 Å². The molecule has 160 valence electrons. The lowest BCUT2D eigenvalue weighted by molar-refractivity contribution is -0.128. The summed E-state index contributed by atoms with van der Waals surface area (Å²) in [6, 6.07) is 24.0. The Labute approximate surface area is 182 Å². The van der Waals surface area contributed by atoms with Crippen LogP contribution in [0.5, 0.6) is 5.75 Å². The second-order valence-electron chi connectivity index (χ2n) is 7.63. The quantitative estimate of drug-likeness (QED) is 0.665. The van der Waals surface area contributed by atoms with E-state index in [2.05, 4.69) is 5.32 Å². The van der Waals surface area contributed by atoms with Gasteiger partial charge in [-0.3, -0.25) is 9.10 Å². The Morgan fingerprint density at radius 2 is 1.58 bits per heavy atom. The van der Waals surface area contributed by atoms with E-state index < -0.39 is 16.1 Å². The Kier molecular flexibility index (Phi) is 5.69. The van der Waals surface area contributed by atoms with Crippen molar-refractivity contribution in [2.45, 2.75) is 19.1 Å². The van der Waals surface area contributed by atoms with Gasteiger partial charge in [-0.05, 0) is 30.2 Å². The Morgan fingerprint density at radius 1 is 0.968 bits per heavy atom. The molecule has 0 saturated carbocycles. The van der Waals surface area contributed by atoms with Crippen LogP contribution in [0, 0.1) is 6.92 Å². The highest BCUT2D eigenvalue weighted by Crippen LogP contribution is 2.35. The zero-order chi connectivity index (χ0) is 22.0. The number of carbonyl (C=O) groups excluding carboxylic acids is 1. The van der Waals surface area contributed by atoms with E-state index >= 15 is 0 Å². The Hall–Kier alpha value is -3.32. The molecular formula is C24H24N2O4S. The number of amides is 1. The number of fused-ring (bicyclic) bond motifs is 1. The number of hydrogen-bond acceptors (Lipinski definition) is 4. The van der Waals surface area contributed by atoms with E-state index in [1.165, 1.54) is 4.31 Å². The fourth-order valence-electron chi connectivity index (χ4n) is 3.65. The molecule has 0 radical (unpaired) electrons. The number of rotatable bonds is 5. The molecule has 1 heterocycles. The second-order valence-corrected chi connectivity index (χ2v) is 9.54. The number of nitrogens with zero attached hydrogens (tertiary/aromatic N) is 1. The van der Waals surface area contributed by atoms with Crippen LogP contribution in [0.15, 0.2) is 78.9 Å². The molecule has 2 atom stereocenters. The number of nitrogens with one attached hydrogen (secondary N) is 1. The number of aryl methyl sites for hydroxylation is 1. The molecule has 0 unspecified atom stereocenters. The number of hydrogen-bond donors (Lipinski definition) is 1. The number of benzene rings is 3. The summed E-state index contributed by atoms with van der Waals surface area (Å²) in [7, 11) is -3.57. The van der Waals surface area contributed by atoms with Gasteiger partial charge in [-0.2, -0.15) is 0 Å². The number of sulfonamides is 1. The molecule has 1 amide bonds. The highest BCUT2D eigenvalue weighted by Gasteiger charge is 2.35. The first-order valence-electron chi connectivity index (χ1n) is 9.98. The minimum Gasteiger partial charge on any atom is -0.476 e. The van der Waals surface area contributed by atoms with Crippen molar-refractivity contribution in [3.63, 3.8) is 0 Å². The molecule has 1 aliphatic rings. The normalized spacial score (nSPS) is 16.7. The zero-order valence-corrected chi connectivity index (χ0v) is 18.2. The van der Waals surface area contributed by atoms with E-state index in [-0.39, 0.29) is 18.5 Å². The minimum atomic E-state index is -3.57. The van der Waals surface area contributed by atoms with Gasteiger partial charge in [0.1, 0.15) is 5.75 Å². The predicted molar refractivity (Wildman–Crippen MR) is 121 cm³/mol. The largest absolute Gasteiger partial charge is 0.476 e. The first-order chi connectivity index (χ1) is 14.8. The van der Waals surface area contributed by atoms with Crippen LogP contribution in [0.4, 0.5) is 5.69 Å². The first kappa shape index (κ1) is 20.9. The van der Waals surface area contributed by atoms with Gasteiger partial charge in [-0.1, -0.05) is 72.3 Å². The van der Waals surface area contributed by atoms with Crippen LogP contribution >= 0.6 is 0 Å². The molecule has 6 nitrogen and oxygen atoms in total. The summed E-state index contributed by atoms with van der Waals surface area (Å²) in [4.78, 5) is 13.2. The summed E-state index contributed by atoms with van der Waals surface area (Å²) in [5.74, 6) is -0.0106. The monoisotopic (exact) mass is 436 g/mol. The number of anilines is 1. The van der Waals surface area contributed by atoms with Crippen molar-refractivity contribution in [2.24, 2.45) is 0 Å². The van der Waals surface area contributed by atoms with Crippen LogP contribution in [-0.4, -0.2) is 33.2 Å². The summed E-state index contributed by atoms with van der Waals surface area (Å²) in [6.45, 7) is 1.92. The number of carbonyl (C=O) groups is 1. The van der Waals surface area contributed by atoms with Crippen molar-refractivity contribution in [1.82, 2.24) is 5.32 Å². The van der Waals surface area contributed by atoms with Crippen molar-refractivity contribution in [1.29, 1.82) is 0 Å². The van der Waals surface area contributed by atoms with Gasteiger partial charge in [-0.25, -0.2) is 8.42 Å². The Bertz CT molecular complexity index is 1180. The molecule has 0 fully saturated rings. The van der Waals surface area contributed by atoms with Crippen LogP contribution in [0.1, 0.15) is 22.7 Å². The molecule has 0 bridgehead atoms. The first-order valence-corrected chi connectivity index (χ1v) is 11.8. The molecule has 4 rings (SSSR count). The van der Waals surface area contributed by atoms with Crippen molar-refractivity contribution in [2.75, 3.05) is 17.1 Å². The molecule has 7 heteroatoms. The summed E-state index contributed by atoms with van der Waals surface area (Å²) < 4.78 is 31.8. The average Bonchev–Trinajstić information content (AvgIpc) is 2.77. The lowest BCUT2D eigenvalue weighted by atomic mass is 9.97. The van der Waals surface area contributed by atoms with Crippen molar-refractivity contribution in [3.8, 4) is 5.75 Å². The Balaban J connectivity index is 1.64. The minimum absolute atomic E-state index is 0.0862. The summed E-state index contributed by atoms with van der Waals surface area (Å²) in [5, 5.41) is 3.06. The lowest BCUT2D eigenvalue weighted by Gasteiger charge is -2.34. The maximum absolute atomic E-state index is 13.2. The van der Waals surface area contributed by atoms with E-state index in [1.807, 2.05) is 61.5 Å². The molecule has 0 aliphatic carbocycles. The third-order valence-electron chi connectivity index (χ3n) is 5.26. The fourth-order valence-corrected chi connectivity index (χ4v) is 4.57. The SMILES string of the molecule is Cc1ccc([C@H](NC(=O)[C@@H]2CN(S(C)(=O)=O)c3ccccc3O2)c2ccccc2)cc1. The topological polar surface area (TPSA) is 75.7 Å². The summed E-state index contributed by atoms with van der Waals surface area (Å²) in [5.41, 5.74) is 3.42. The van der Waals surface area contributed by atoms with Crippen LogP contribution < -0.4 is 14.4 Å². The van der Waals surface area contributed by atoms with Crippen molar-refractivity contribution < 1.29 is 17.9 Å². The van der Waals surface area contributed by atoms with E-state index in [0.29, 0.717) is 11.4 Å². The molecule has 1 aliphatic heterocycles. The number of para-hydroxylation sites is 2. The van der Waals surface area contributed by atoms with E-state index in [4.69, 9.17) is 4.74 Å². The molecule has 1 N–H and O–H groups in total. The van der Waals surface area contributed by atoms with E-state index in [0.717, 1.165) is 22.9 Å². The predicted octanol–water partition coefficient (Wildman–Crippen LogP) is 3.43. The Morgan fingerprint density at radius 3 is 2.26 bits per heavy atom. The maximum Gasteiger partial charge on any atom is 0.263 e. The standard InChI is InChI=1S/C24H24N2O4S/c1-17-12-14-19(15-13-17)23(18-8-4-3-5-9-18)25-24(27)22-16-26(31(2,28)29)20-10-6-7-11-21(20)30-22/h3-15,22-23H,16H2,1-2H3,(H,25,27)/t22-,23+/m0/s1. The van der Waals surface area contributed by atoms with Gasteiger partial charge in [0, 0.05) is 0 Å². The molecule has 3 aromatic carbocycles. The molecule has 31 heavy (non-hydrogen) atoms. The van der Waals surface area contributed by atoms with Gasteiger partial charge in [0.2, 0.25) is 10.0 Å². The lowest BCUT2D eigenvalue weighted by Crippen LogP contribution is -2.51.